The fourth-order valence-corrected chi connectivity index (χ4v) is 6.88. The molecule has 0 aromatic heterocycles. The van der Waals surface area contributed by atoms with E-state index in [1.807, 2.05) is 30.3 Å². The Kier molecular flexibility index (Phi) is 11.2. The number of benzene rings is 4. The smallest absolute Gasteiger partial charge is 0.264 e. The van der Waals surface area contributed by atoms with E-state index in [1.54, 1.807) is 67.6 Å². The summed E-state index contributed by atoms with van der Waals surface area (Å²) in [5.74, 6) is 0.436. The standard InChI is InChI=1S/C32H33N3O8S3/c1-24-31(8-5-9-32(24)35(44(36)37)23-45(2,38)39)34(20-26-12-10-25(19-33)11-13-26)21-27-14-16-29(17-15-27)43-30-7-4-6-28(18-30)22-42-46(3,40)41/h4-18H,20-23H2,1-3H3,(H,36,37). The Morgan fingerprint density at radius 1 is 0.804 bits per heavy atom. The molecule has 0 radical (unpaired) electrons. The van der Waals surface area contributed by atoms with Crippen LogP contribution in [-0.4, -0.2) is 44.0 Å². The minimum atomic E-state index is -3.62. The van der Waals surface area contributed by atoms with Gasteiger partial charge in [0.1, 0.15) is 17.4 Å². The highest BCUT2D eigenvalue weighted by Crippen LogP contribution is 2.33. The first-order valence-electron chi connectivity index (χ1n) is 13.8. The molecule has 4 aromatic rings. The number of anilines is 2. The molecule has 11 nitrogen and oxygen atoms in total. The van der Waals surface area contributed by atoms with Crippen molar-refractivity contribution in [1.82, 2.24) is 0 Å². The van der Waals surface area contributed by atoms with Gasteiger partial charge in [-0.1, -0.05) is 42.5 Å². The molecule has 0 saturated heterocycles. The van der Waals surface area contributed by atoms with Crippen LogP contribution in [-0.2, 0) is 55.1 Å². The average Bonchev–Trinajstić information content (AvgIpc) is 2.99. The number of hydrogen-bond donors (Lipinski definition) is 1. The minimum absolute atomic E-state index is 0.106. The first kappa shape index (κ1) is 34.6. The van der Waals surface area contributed by atoms with E-state index in [9.17, 15) is 30.9 Å². The quantitative estimate of drug-likeness (QED) is 0.137. The molecule has 1 unspecified atom stereocenters. The van der Waals surface area contributed by atoms with Gasteiger partial charge in [0.25, 0.3) is 21.4 Å². The van der Waals surface area contributed by atoms with Gasteiger partial charge in [0.2, 0.25) is 0 Å². The van der Waals surface area contributed by atoms with Crippen LogP contribution in [0.2, 0.25) is 0 Å². The van der Waals surface area contributed by atoms with Gasteiger partial charge in [-0.25, -0.2) is 12.6 Å². The topological polar surface area (TPSA) is 154 Å². The third-order valence-corrected chi connectivity index (χ3v) is 8.89. The van der Waals surface area contributed by atoms with E-state index in [2.05, 4.69) is 11.0 Å². The molecule has 4 aromatic carbocycles. The molecule has 46 heavy (non-hydrogen) atoms. The van der Waals surface area contributed by atoms with Gasteiger partial charge in [-0.2, -0.15) is 13.7 Å². The second-order valence-electron chi connectivity index (χ2n) is 10.6. The molecule has 0 aliphatic carbocycles. The summed E-state index contributed by atoms with van der Waals surface area (Å²) in [6, 6.07) is 28.8. The van der Waals surface area contributed by atoms with Gasteiger partial charge in [-0.05, 0) is 77.7 Å². The van der Waals surface area contributed by atoms with E-state index in [-0.39, 0.29) is 6.61 Å². The van der Waals surface area contributed by atoms with Crippen LogP contribution in [0.25, 0.3) is 0 Å². The maximum Gasteiger partial charge on any atom is 0.264 e. The molecule has 0 bridgehead atoms. The van der Waals surface area contributed by atoms with Gasteiger partial charge in [0.05, 0.1) is 30.2 Å². The van der Waals surface area contributed by atoms with Crippen LogP contribution in [0.3, 0.4) is 0 Å². The Hall–Kier alpha value is -4.26. The number of nitrogens with zero attached hydrogens (tertiary/aromatic N) is 3. The zero-order valence-corrected chi connectivity index (χ0v) is 27.8. The highest BCUT2D eigenvalue weighted by Gasteiger charge is 2.23. The summed E-state index contributed by atoms with van der Waals surface area (Å²) in [5, 5.41) is 9.22. The van der Waals surface area contributed by atoms with E-state index in [0.717, 1.165) is 33.6 Å². The maximum atomic E-state index is 12.2. The summed E-state index contributed by atoms with van der Waals surface area (Å²) in [6.07, 6.45) is 1.99. The molecule has 0 saturated carbocycles. The molecule has 4 rings (SSSR count). The van der Waals surface area contributed by atoms with Crippen LogP contribution < -0.4 is 13.9 Å². The lowest BCUT2D eigenvalue weighted by Crippen LogP contribution is -2.32. The molecule has 242 valence electrons. The molecule has 1 N–H and O–H groups in total. The van der Waals surface area contributed by atoms with Crippen LogP contribution in [0.4, 0.5) is 11.4 Å². The van der Waals surface area contributed by atoms with Crippen LogP contribution in [0.15, 0.2) is 91.0 Å². The summed E-state index contributed by atoms with van der Waals surface area (Å²) >= 11 is -2.58. The second kappa shape index (κ2) is 14.9. The van der Waals surface area contributed by atoms with E-state index in [1.165, 1.54) is 0 Å². The molecule has 0 spiro atoms. The molecule has 0 fully saturated rings. The van der Waals surface area contributed by atoms with Crippen LogP contribution in [0, 0.1) is 18.3 Å². The van der Waals surface area contributed by atoms with Crippen LogP contribution in [0.5, 0.6) is 11.5 Å². The average molecular weight is 684 g/mol. The summed E-state index contributed by atoms with van der Waals surface area (Å²) in [6.45, 7) is 2.50. The number of ether oxygens (including phenoxy) is 1. The zero-order valence-electron chi connectivity index (χ0n) is 25.4. The summed E-state index contributed by atoms with van der Waals surface area (Å²) in [5.41, 5.74) is 4.64. The number of hydrogen-bond acceptors (Lipinski definition) is 9. The van der Waals surface area contributed by atoms with Gasteiger partial charge >= 0.3 is 0 Å². The van der Waals surface area contributed by atoms with Gasteiger partial charge in [0, 0.05) is 25.0 Å². The highest BCUT2D eigenvalue weighted by atomic mass is 32.2. The lowest BCUT2D eigenvalue weighted by Gasteiger charge is -2.30. The van der Waals surface area contributed by atoms with Gasteiger partial charge in [-0.3, -0.25) is 13.0 Å². The fourth-order valence-electron chi connectivity index (χ4n) is 4.66. The lowest BCUT2D eigenvalue weighted by molar-refractivity contribution is 0.311. The summed E-state index contributed by atoms with van der Waals surface area (Å²) < 4.78 is 80.7. The summed E-state index contributed by atoms with van der Waals surface area (Å²) in [4.78, 5) is 2.06. The minimum Gasteiger partial charge on any atom is -0.457 e. The van der Waals surface area contributed by atoms with Crippen molar-refractivity contribution in [2.45, 2.75) is 26.6 Å². The first-order chi connectivity index (χ1) is 21.7. The maximum absolute atomic E-state index is 12.2. The second-order valence-corrected chi connectivity index (χ2v) is 15.3. The van der Waals surface area contributed by atoms with E-state index < -0.39 is 37.1 Å². The predicted molar refractivity (Wildman–Crippen MR) is 178 cm³/mol. The van der Waals surface area contributed by atoms with Crippen LogP contribution in [0.1, 0.15) is 27.8 Å². The Balaban J connectivity index is 1.61. The van der Waals surface area contributed by atoms with Crippen LogP contribution >= 0.6 is 0 Å². The molecule has 0 heterocycles. The molecule has 14 heteroatoms. The van der Waals surface area contributed by atoms with Crippen molar-refractivity contribution >= 4 is 42.6 Å². The van der Waals surface area contributed by atoms with Crippen molar-refractivity contribution in [3.63, 3.8) is 0 Å². The molecule has 0 aliphatic heterocycles. The normalized spacial score (nSPS) is 12.2. The van der Waals surface area contributed by atoms with E-state index in [0.29, 0.717) is 47.0 Å². The summed E-state index contributed by atoms with van der Waals surface area (Å²) in [7, 11) is -7.20. The monoisotopic (exact) mass is 683 g/mol. The van der Waals surface area contributed by atoms with Gasteiger partial charge < -0.3 is 9.64 Å². The number of rotatable bonds is 14. The Labute approximate surface area is 272 Å². The highest BCUT2D eigenvalue weighted by molar-refractivity contribution is 7.92. The van der Waals surface area contributed by atoms with Crippen molar-refractivity contribution < 1.29 is 34.5 Å². The Bertz CT molecular complexity index is 1960. The number of nitriles is 1. The number of sulfone groups is 1. The largest absolute Gasteiger partial charge is 0.457 e. The van der Waals surface area contributed by atoms with Crippen molar-refractivity contribution in [3.05, 3.63) is 119 Å². The zero-order chi connectivity index (χ0) is 33.5. The Morgan fingerprint density at radius 2 is 1.39 bits per heavy atom. The van der Waals surface area contributed by atoms with Crippen molar-refractivity contribution in [3.8, 4) is 17.6 Å². The van der Waals surface area contributed by atoms with Gasteiger partial charge in [-0.15, -0.1) is 0 Å². The molecular weight excluding hydrogens is 651 g/mol. The van der Waals surface area contributed by atoms with Gasteiger partial charge in [0.15, 0.2) is 9.84 Å². The lowest BCUT2D eigenvalue weighted by atomic mass is 10.1. The molecule has 0 aliphatic rings. The third-order valence-electron chi connectivity index (χ3n) is 6.75. The van der Waals surface area contributed by atoms with E-state index in [4.69, 9.17) is 8.92 Å². The SMILES string of the molecule is Cc1c(N(Cc2ccc(C#N)cc2)Cc2ccc(Oc3cccc(COS(C)(=O)=O)c3)cc2)cccc1N(CS(C)(=O)=O)S(=O)O. The third kappa shape index (κ3) is 10.1. The Morgan fingerprint density at radius 3 is 1.96 bits per heavy atom. The van der Waals surface area contributed by atoms with Crippen molar-refractivity contribution in [2.75, 3.05) is 27.6 Å². The van der Waals surface area contributed by atoms with Crippen molar-refractivity contribution in [1.29, 1.82) is 5.26 Å². The van der Waals surface area contributed by atoms with E-state index >= 15 is 0 Å². The van der Waals surface area contributed by atoms with Crippen molar-refractivity contribution in [2.24, 2.45) is 0 Å². The predicted octanol–water partition coefficient (Wildman–Crippen LogP) is 5.29. The fraction of sp³-hybridized carbons (Fsp3) is 0.219. The molecule has 1 atom stereocenters. The first-order valence-corrected chi connectivity index (χ1v) is 18.7. The molecular formula is C32H33N3O8S3. The molecule has 0 amide bonds.